The SMILES string of the molecule is CC(C)C[C@@]1(C(=O)O)CC[C@@H](C)[C@H]1O. The van der Waals surface area contributed by atoms with Crippen molar-refractivity contribution in [2.45, 2.75) is 46.1 Å². The molecule has 3 nitrogen and oxygen atoms in total. The van der Waals surface area contributed by atoms with Crippen LogP contribution >= 0.6 is 0 Å². The Hall–Kier alpha value is -0.570. The van der Waals surface area contributed by atoms with Crippen molar-refractivity contribution < 1.29 is 15.0 Å². The summed E-state index contributed by atoms with van der Waals surface area (Å²) in [5.74, 6) is -0.404. The van der Waals surface area contributed by atoms with Gasteiger partial charge in [0, 0.05) is 0 Å². The zero-order chi connectivity index (χ0) is 10.9. The molecular weight excluding hydrogens is 180 g/mol. The molecule has 0 heterocycles. The quantitative estimate of drug-likeness (QED) is 0.731. The number of aliphatic carboxylic acids is 1. The molecule has 14 heavy (non-hydrogen) atoms. The molecule has 1 aliphatic rings. The molecule has 2 N–H and O–H groups in total. The zero-order valence-corrected chi connectivity index (χ0v) is 9.16. The minimum absolute atomic E-state index is 0.116. The third-order valence-corrected chi connectivity index (χ3v) is 3.35. The molecular formula is C11H20O3. The highest BCUT2D eigenvalue weighted by molar-refractivity contribution is 5.76. The number of aliphatic hydroxyl groups is 1. The van der Waals surface area contributed by atoms with E-state index in [1.54, 1.807) is 0 Å². The van der Waals surface area contributed by atoms with Crippen LogP contribution in [0, 0.1) is 17.3 Å². The number of carbonyl (C=O) groups is 1. The van der Waals surface area contributed by atoms with Crippen molar-refractivity contribution >= 4 is 5.97 Å². The molecule has 0 radical (unpaired) electrons. The Balaban J connectivity index is 2.88. The van der Waals surface area contributed by atoms with E-state index in [4.69, 9.17) is 0 Å². The largest absolute Gasteiger partial charge is 0.481 e. The van der Waals surface area contributed by atoms with E-state index in [1.165, 1.54) is 0 Å². The summed E-state index contributed by atoms with van der Waals surface area (Å²) >= 11 is 0. The van der Waals surface area contributed by atoms with E-state index in [0.29, 0.717) is 18.8 Å². The second-order valence-electron chi connectivity index (χ2n) is 5.02. The maximum atomic E-state index is 11.3. The molecule has 82 valence electrons. The molecule has 3 heteroatoms. The van der Waals surface area contributed by atoms with Crippen molar-refractivity contribution in [3.8, 4) is 0 Å². The van der Waals surface area contributed by atoms with Crippen LogP contribution in [-0.2, 0) is 4.79 Å². The normalized spacial score (nSPS) is 37.8. The van der Waals surface area contributed by atoms with Gasteiger partial charge in [-0.2, -0.15) is 0 Å². The van der Waals surface area contributed by atoms with Gasteiger partial charge in [0.05, 0.1) is 11.5 Å². The van der Waals surface area contributed by atoms with Crippen LogP contribution in [0.2, 0.25) is 0 Å². The Morgan fingerprint density at radius 1 is 1.57 bits per heavy atom. The molecule has 1 fully saturated rings. The first kappa shape index (κ1) is 11.5. The molecule has 1 rings (SSSR count). The predicted octanol–water partition coefficient (Wildman–Crippen LogP) is 1.89. The Morgan fingerprint density at radius 2 is 2.14 bits per heavy atom. The van der Waals surface area contributed by atoms with Crippen LogP contribution in [0.4, 0.5) is 0 Å². The van der Waals surface area contributed by atoms with Gasteiger partial charge in [0.15, 0.2) is 0 Å². The third kappa shape index (κ3) is 1.78. The summed E-state index contributed by atoms with van der Waals surface area (Å²) in [5, 5.41) is 19.2. The van der Waals surface area contributed by atoms with Gasteiger partial charge in [-0.15, -0.1) is 0 Å². The van der Waals surface area contributed by atoms with Crippen LogP contribution in [0.3, 0.4) is 0 Å². The lowest BCUT2D eigenvalue weighted by molar-refractivity contribution is -0.157. The summed E-state index contributed by atoms with van der Waals surface area (Å²) < 4.78 is 0. The topological polar surface area (TPSA) is 57.5 Å². The zero-order valence-electron chi connectivity index (χ0n) is 9.16. The van der Waals surface area contributed by atoms with E-state index in [0.717, 1.165) is 6.42 Å². The average molecular weight is 200 g/mol. The van der Waals surface area contributed by atoms with E-state index in [1.807, 2.05) is 20.8 Å². The summed E-state index contributed by atoms with van der Waals surface area (Å²) in [6, 6.07) is 0. The highest BCUT2D eigenvalue weighted by atomic mass is 16.4. The van der Waals surface area contributed by atoms with Crippen LogP contribution in [0.1, 0.15) is 40.0 Å². The summed E-state index contributed by atoms with van der Waals surface area (Å²) in [6.45, 7) is 5.93. The number of rotatable bonds is 3. The van der Waals surface area contributed by atoms with Crippen molar-refractivity contribution in [1.82, 2.24) is 0 Å². The lowest BCUT2D eigenvalue weighted by Crippen LogP contribution is -2.41. The van der Waals surface area contributed by atoms with Crippen molar-refractivity contribution in [1.29, 1.82) is 0 Å². The minimum atomic E-state index is -0.881. The standard InChI is InChI=1S/C11H20O3/c1-7(2)6-11(10(13)14)5-4-8(3)9(11)12/h7-9,12H,4-6H2,1-3H3,(H,13,14)/t8-,9-,11+/m1/s1. The average Bonchev–Trinajstić information content (AvgIpc) is 2.33. The maximum Gasteiger partial charge on any atom is 0.312 e. The molecule has 0 aromatic heterocycles. The second kappa shape index (κ2) is 3.89. The fraction of sp³-hybridized carbons (Fsp3) is 0.909. The summed E-state index contributed by atoms with van der Waals surface area (Å²) in [6.07, 6.45) is 1.33. The molecule has 0 spiro atoms. The van der Waals surface area contributed by atoms with Gasteiger partial charge < -0.3 is 10.2 Å². The number of hydrogen-bond acceptors (Lipinski definition) is 2. The van der Waals surface area contributed by atoms with E-state index in [2.05, 4.69) is 0 Å². The van der Waals surface area contributed by atoms with Crippen LogP contribution in [0.15, 0.2) is 0 Å². The van der Waals surface area contributed by atoms with Crippen LogP contribution in [-0.4, -0.2) is 22.3 Å². The first-order chi connectivity index (χ1) is 6.40. The Kier molecular flexibility index (Phi) is 3.20. The van der Waals surface area contributed by atoms with Gasteiger partial charge in [-0.05, 0) is 31.1 Å². The summed E-state index contributed by atoms with van der Waals surface area (Å²) in [4.78, 5) is 11.3. The van der Waals surface area contributed by atoms with Crippen molar-refractivity contribution in [2.75, 3.05) is 0 Å². The number of carboxylic acids is 1. The first-order valence-electron chi connectivity index (χ1n) is 5.31. The predicted molar refractivity (Wildman–Crippen MR) is 53.9 cm³/mol. The van der Waals surface area contributed by atoms with Crippen LogP contribution < -0.4 is 0 Å². The monoisotopic (exact) mass is 200 g/mol. The molecule has 0 aromatic carbocycles. The van der Waals surface area contributed by atoms with Gasteiger partial charge in [0.2, 0.25) is 0 Å². The lowest BCUT2D eigenvalue weighted by Gasteiger charge is -2.30. The van der Waals surface area contributed by atoms with Crippen molar-refractivity contribution in [3.63, 3.8) is 0 Å². The van der Waals surface area contributed by atoms with E-state index in [9.17, 15) is 15.0 Å². The molecule has 0 saturated heterocycles. The number of carboxylic acid groups (broad SMARTS) is 1. The van der Waals surface area contributed by atoms with E-state index >= 15 is 0 Å². The molecule has 1 saturated carbocycles. The highest BCUT2D eigenvalue weighted by Gasteiger charge is 2.51. The van der Waals surface area contributed by atoms with Gasteiger partial charge in [-0.3, -0.25) is 4.79 Å². The minimum Gasteiger partial charge on any atom is -0.481 e. The molecule has 0 amide bonds. The van der Waals surface area contributed by atoms with Gasteiger partial charge in [0.1, 0.15) is 0 Å². The van der Waals surface area contributed by atoms with Crippen LogP contribution in [0.5, 0.6) is 0 Å². The van der Waals surface area contributed by atoms with Gasteiger partial charge in [0.25, 0.3) is 0 Å². The third-order valence-electron chi connectivity index (χ3n) is 3.35. The van der Waals surface area contributed by atoms with Gasteiger partial charge >= 0.3 is 5.97 Å². The second-order valence-corrected chi connectivity index (χ2v) is 5.02. The highest BCUT2D eigenvalue weighted by Crippen LogP contribution is 2.46. The summed E-state index contributed by atoms with van der Waals surface area (Å²) in [5.41, 5.74) is -0.881. The molecule has 1 aliphatic carbocycles. The maximum absolute atomic E-state index is 11.3. The molecule has 0 unspecified atom stereocenters. The molecule has 0 aromatic rings. The smallest absolute Gasteiger partial charge is 0.312 e. The van der Waals surface area contributed by atoms with Gasteiger partial charge in [-0.25, -0.2) is 0 Å². The molecule has 3 atom stereocenters. The Bertz CT molecular complexity index is 225. The van der Waals surface area contributed by atoms with Crippen molar-refractivity contribution in [3.05, 3.63) is 0 Å². The first-order valence-corrected chi connectivity index (χ1v) is 5.31. The fourth-order valence-corrected chi connectivity index (χ4v) is 2.61. The molecule has 0 bridgehead atoms. The molecule has 0 aliphatic heterocycles. The lowest BCUT2D eigenvalue weighted by atomic mass is 9.76. The van der Waals surface area contributed by atoms with E-state index in [-0.39, 0.29) is 5.92 Å². The van der Waals surface area contributed by atoms with Gasteiger partial charge in [-0.1, -0.05) is 20.8 Å². The van der Waals surface area contributed by atoms with Crippen molar-refractivity contribution in [2.24, 2.45) is 17.3 Å². The fourth-order valence-electron chi connectivity index (χ4n) is 2.61. The Labute approximate surface area is 85.1 Å². The number of hydrogen-bond donors (Lipinski definition) is 2. The van der Waals surface area contributed by atoms with Crippen LogP contribution in [0.25, 0.3) is 0 Å². The summed E-state index contributed by atoms with van der Waals surface area (Å²) in [7, 11) is 0. The number of aliphatic hydroxyl groups excluding tert-OH is 1. The van der Waals surface area contributed by atoms with E-state index < -0.39 is 17.5 Å². The Morgan fingerprint density at radius 3 is 2.43 bits per heavy atom.